The van der Waals surface area contributed by atoms with E-state index in [0.717, 1.165) is 12.8 Å². The highest BCUT2D eigenvalue weighted by atomic mass is 32.2. The van der Waals surface area contributed by atoms with Gasteiger partial charge in [0.25, 0.3) is 5.91 Å². The van der Waals surface area contributed by atoms with Crippen molar-refractivity contribution in [2.75, 3.05) is 25.5 Å². The van der Waals surface area contributed by atoms with Gasteiger partial charge in [-0.15, -0.1) is 0 Å². The summed E-state index contributed by atoms with van der Waals surface area (Å²) in [7, 11) is -1.88. The highest BCUT2D eigenvalue weighted by Crippen LogP contribution is 2.23. The lowest BCUT2D eigenvalue weighted by molar-refractivity contribution is -0.122. The third-order valence-electron chi connectivity index (χ3n) is 4.83. The Balaban J connectivity index is 1.64. The van der Waals surface area contributed by atoms with Crippen molar-refractivity contribution in [3.63, 3.8) is 0 Å². The molecule has 7 nitrogen and oxygen atoms in total. The number of anilines is 1. The molecule has 1 unspecified atom stereocenters. The highest BCUT2D eigenvalue weighted by molar-refractivity contribution is 7.89. The number of carbonyl (C=O) groups is 1. The molecule has 1 atom stereocenters. The van der Waals surface area contributed by atoms with E-state index in [1.807, 2.05) is 6.92 Å². The van der Waals surface area contributed by atoms with Crippen LogP contribution in [0.1, 0.15) is 26.2 Å². The second kappa shape index (κ2) is 9.28. The Labute approximate surface area is 171 Å². The molecule has 1 saturated heterocycles. The molecule has 3 rings (SSSR count). The quantitative estimate of drug-likeness (QED) is 0.711. The first kappa shape index (κ1) is 21.1. The topological polar surface area (TPSA) is 84.9 Å². The van der Waals surface area contributed by atoms with Gasteiger partial charge in [0.15, 0.2) is 6.10 Å². The molecule has 2 aromatic rings. The van der Waals surface area contributed by atoms with Crippen molar-refractivity contribution in [1.82, 2.24) is 4.31 Å². The molecule has 156 valence electrons. The number of amides is 1. The molecular formula is C21H26N2O5S. The number of carbonyl (C=O) groups excluding carboxylic acids is 1. The molecule has 0 bridgehead atoms. The van der Waals surface area contributed by atoms with Gasteiger partial charge >= 0.3 is 0 Å². The van der Waals surface area contributed by atoms with E-state index in [1.165, 1.54) is 16.4 Å². The SMILES string of the molecule is CCC(Oc1ccc(OC)cc1)C(=O)Nc1ccc(S(=O)(=O)N2CCCC2)cc1. The van der Waals surface area contributed by atoms with E-state index in [-0.39, 0.29) is 10.8 Å². The minimum Gasteiger partial charge on any atom is -0.497 e. The Morgan fingerprint density at radius 2 is 1.62 bits per heavy atom. The summed E-state index contributed by atoms with van der Waals surface area (Å²) < 4.78 is 37.5. The van der Waals surface area contributed by atoms with Gasteiger partial charge < -0.3 is 14.8 Å². The molecule has 0 radical (unpaired) electrons. The van der Waals surface area contributed by atoms with Crippen molar-refractivity contribution < 1.29 is 22.7 Å². The summed E-state index contributed by atoms with van der Waals surface area (Å²) in [5.74, 6) is 0.983. The summed E-state index contributed by atoms with van der Waals surface area (Å²) in [4.78, 5) is 12.8. The number of nitrogens with one attached hydrogen (secondary N) is 1. The number of benzene rings is 2. The first-order valence-corrected chi connectivity index (χ1v) is 11.1. The summed E-state index contributed by atoms with van der Waals surface area (Å²) in [6.07, 6.45) is 1.59. The van der Waals surface area contributed by atoms with Gasteiger partial charge in [0, 0.05) is 18.8 Å². The van der Waals surface area contributed by atoms with Crippen molar-refractivity contribution in [1.29, 1.82) is 0 Å². The fraction of sp³-hybridized carbons (Fsp3) is 0.381. The zero-order valence-electron chi connectivity index (χ0n) is 16.6. The van der Waals surface area contributed by atoms with Crippen LogP contribution in [0.4, 0.5) is 5.69 Å². The predicted molar refractivity (Wildman–Crippen MR) is 111 cm³/mol. The van der Waals surface area contributed by atoms with Gasteiger partial charge in [-0.2, -0.15) is 4.31 Å². The van der Waals surface area contributed by atoms with Gasteiger partial charge in [-0.05, 0) is 67.8 Å². The first-order valence-electron chi connectivity index (χ1n) is 9.66. The van der Waals surface area contributed by atoms with Crippen LogP contribution in [-0.2, 0) is 14.8 Å². The van der Waals surface area contributed by atoms with Crippen LogP contribution in [0.25, 0.3) is 0 Å². The zero-order chi connectivity index (χ0) is 20.9. The van der Waals surface area contributed by atoms with Crippen LogP contribution in [0.15, 0.2) is 53.4 Å². The van der Waals surface area contributed by atoms with Crippen LogP contribution < -0.4 is 14.8 Å². The van der Waals surface area contributed by atoms with Crippen molar-refractivity contribution in [2.24, 2.45) is 0 Å². The molecule has 8 heteroatoms. The molecular weight excluding hydrogens is 392 g/mol. The summed E-state index contributed by atoms with van der Waals surface area (Å²) in [6.45, 7) is 2.98. The van der Waals surface area contributed by atoms with Crippen LogP contribution in [0, 0.1) is 0 Å². The van der Waals surface area contributed by atoms with Gasteiger partial charge in [0.2, 0.25) is 10.0 Å². The highest BCUT2D eigenvalue weighted by Gasteiger charge is 2.27. The van der Waals surface area contributed by atoms with Crippen LogP contribution in [-0.4, -0.2) is 44.9 Å². The average Bonchev–Trinajstić information content (AvgIpc) is 3.28. The molecule has 2 aromatic carbocycles. The maximum atomic E-state index is 12.6. The molecule has 1 heterocycles. The largest absolute Gasteiger partial charge is 0.497 e. The summed E-state index contributed by atoms with van der Waals surface area (Å²) >= 11 is 0. The zero-order valence-corrected chi connectivity index (χ0v) is 17.4. The Hall–Kier alpha value is -2.58. The van der Waals surface area contributed by atoms with Crippen molar-refractivity contribution in [3.8, 4) is 11.5 Å². The molecule has 0 aromatic heterocycles. The fourth-order valence-corrected chi connectivity index (χ4v) is 4.67. The van der Waals surface area contributed by atoms with E-state index >= 15 is 0 Å². The number of nitrogens with zero attached hydrogens (tertiary/aromatic N) is 1. The Morgan fingerprint density at radius 1 is 1.03 bits per heavy atom. The Kier molecular flexibility index (Phi) is 6.76. The second-order valence-electron chi connectivity index (χ2n) is 6.82. The minimum atomic E-state index is -3.47. The summed E-state index contributed by atoms with van der Waals surface area (Å²) in [6, 6.07) is 13.3. The Morgan fingerprint density at radius 3 is 2.17 bits per heavy atom. The fourth-order valence-electron chi connectivity index (χ4n) is 3.15. The van der Waals surface area contributed by atoms with Gasteiger partial charge in [-0.1, -0.05) is 6.92 Å². The van der Waals surface area contributed by atoms with Gasteiger partial charge in [0.05, 0.1) is 12.0 Å². The van der Waals surface area contributed by atoms with Crippen molar-refractivity contribution >= 4 is 21.6 Å². The van der Waals surface area contributed by atoms with Crippen LogP contribution in [0.5, 0.6) is 11.5 Å². The molecule has 1 fully saturated rings. The van der Waals surface area contributed by atoms with E-state index in [1.54, 1.807) is 43.5 Å². The van der Waals surface area contributed by atoms with E-state index < -0.39 is 16.1 Å². The number of hydrogen-bond acceptors (Lipinski definition) is 5. The van der Waals surface area contributed by atoms with Crippen molar-refractivity contribution in [2.45, 2.75) is 37.2 Å². The number of hydrogen-bond donors (Lipinski definition) is 1. The Bertz CT molecular complexity index is 921. The molecule has 1 N–H and O–H groups in total. The van der Waals surface area contributed by atoms with E-state index in [2.05, 4.69) is 5.32 Å². The molecule has 0 spiro atoms. The molecule has 0 aliphatic carbocycles. The number of sulfonamides is 1. The maximum absolute atomic E-state index is 12.6. The number of ether oxygens (including phenoxy) is 2. The monoisotopic (exact) mass is 418 g/mol. The molecule has 1 amide bonds. The van der Waals surface area contributed by atoms with Gasteiger partial charge in [-0.25, -0.2) is 8.42 Å². The summed E-state index contributed by atoms with van der Waals surface area (Å²) in [5.41, 5.74) is 0.521. The smallest absolute Gasteiger partial charge is 0.265 e. The molecule has 1 aliphatic rings. The molecule has 1 aliphatic heterocycles. The third kappa shape index (κ3) is 5.07. The minimum absolute atomic E-state index is 0.235. The van der Waals surface area contributed by atoms with E-state index in [0.29, 0.717) is 36.7 Å². The van der Waals surface area contributed by atoms with E-state index in [9.17, 15) is 13.2 Å². The van der Waals surface area contributed by atoms with Gasteiger partial charge in [-0.3, -0.25) is 4.79 Å². The lowest BCUT2D eigenvalue weighted by atomic mass is 10.2. The van der Waals surface area contributed by atoms with Crippen LogP contribution >= 0.6 is 0 Å². The van der Waals surface area contributed by atoms with Crippen molar-refractivity contribution in [3.05, 3.63) is 48.5 Å². The summed E-state index contributed by atoms with van der Waals surface area (Å²) in [5, 5.41) is 2.79. The third-order valence-corrected chi connectivity index (χ3v) is 6.74. The van der Waals surface area contributed by atoms with E-state index in [4.69, 9.17) is 9.47 Å². The second-order valence-corrected chi connectivity index (χ2v) is 8.75. The van der Waals surface area contributed by atoms with Gasteiger partial charge in [0.1, 0.15) is 11.5 Å². The van der Waals surface area contributed by atoms with Crippen LogP contribution in [0.3, 0.4) is 0 Å². The standard InChI is InChI=1S/C21H26N2O5S/c1-3-20(28-18-10-8-17(27-2)9-11-18)21(24)22-16-6-12-19(13-7-16)29(25,26)23-14-4-5-15-23/h6-13,20H,3-5,14-15H2,1-2H3,(H,22,24). The lowest BCUT2D eigenvalue weighted by Gasteiger charge is -2.18. The maximum Gasteiger partial charge on any atom is 0.265 e. The molecule has 29 heavy (non-hydrogen) atoms. The molecule has 0 saturated carbocycles. The lowest BCUT2D eigenvalue weighted by Crippen LogP contribution is -2.32. The predicted octanol–water partition coefficient (Wildman–Crippen LogP) is 3.28. The number of methoxy groups -OCH3 is 1. The first-order chi connectivity index (χ1) is 13.9. The normalized spacial score (nSPS) is 15.7. The van der Waals surface area contributed by atoms with Crippen LogP contribution in [0.2, 0.25) is 0 Å². The average molecular weight is 419 g/mol. The number of rotatable bonds is 8.